The van der Waals surface area contributed by atoms with E-state index in [9.17, 15) is 4.79 Å². The Morgan fingerprint density at radius 3 is 2.52 bits per heavy atom. The van der Waals surface area contributed by atoms with Crippen LogP contribution < -0.4 is 10.3 Å². The fourth-order valence-electron chi connectivity index (χ4n) is 3.03. The summed E-state index contributed by atoms with van der Waals surface area (Å²) in [5, 5.41) is 0.730. The summed E-state index contributed by atoms with van der Waals surface area (Å²) in [6, 6.07) is 17.6. The number of pyridine rings is 1. The van der Waals surface area contributed by atoms with E-state index >= 15 is 0 Å². The number of hydrogen-bond donors (Lipinski definition) is 1. The minimum Gasteiger partial charge on any atom is -0.378 e. The van der Waals surface area contributed by atoms with Crippen molar-refractivity contribution in [1.29, 1.82) is 0 Å². The third-order valence-corrected chi connectivity index (χ3v) is 4.27. The van der Waals surface area contributed by atoms with Gasteiger partial charge in [-0.25, -0.2) is 0 Å². The first kappa shape index (κ1) is 14.0. The van der Waals surface area contributed by atoms with E-state index in [1.807, 2.05) is 42.5 Å². The number of nitrogens with one attached hydrogen (secondary N) is 1. The Kier molecular flexibility index (Phi) is 3.60. The van der Waals surface area contributed by atoms with Crippen molar-refractivity contribution >= 4 is 16.6 Å². The lowest BCUT2D eigenvalue weighted by molar-refractivity contribution is 0.122. The molecule has 1 N–H and O–H groups in total. The molecule has 0 radical (unpaired) electrons. The van der Waals surface area contributed by atoms with Gasteiger partial charge in [0.1, 0.15) is 0 Å². The largest absolute Gasteiger partial charge is 0.378 e. The lowest BCUT2D eigenvalue weighted by atomic mass is 10.1. The lowest BCUT2D eigenvalue weighted by Gasteiger charge is -2.29. The van der Waals surface area contributed by atoms with Crippen LogP contribution in [0.1, 0.15) is 0 Å². The molecule has 2 heterocycles. The van der Waals surface area contributed by atoms with Crippen LogP contribution in [0.4, 0.5) is 5.69 Å². The molecule has 0 amide bonds. The van der Waals surface area contributed by atoms with E-state index in [1.165, 1.54) is 0 Å². The fraction of sp³-hybridized carbons (Fsp3) is 0.211. The fourth-order valence-corrected chi connectivity index (χ4v) is 3.03. The van der Waals surface area contributed by atoms with Gasteiger partial charge in [-0.2, -0.15) is 0 Å². The number of anilines is 1. The Balaban J connectivity index is 1.78. The van der Waals surface area contributed by atoms with E-state index < -0.39 is 0 Å². The van der Waals surface area contributed by atoms with Gasteiger partial charge in [0.15, 0.2) is 5.43 Å². The van der Waals surface area contributed by atoms with E-state index in [0.29, 0.717) is 0 Å². The molecule has 0 bridgehead atoms. The number of rotatable bonds is 2. The number of nitrogens with zero attached hydrogens (tertiary/aromatic N) is 1. The van der Waals surface area contributed by atoms with Crippen LogP contribution in [0.15, 0.2) is 59.4 Å². The molecule has 4 heteroatoms. The number of hydrogen-bond acceptors (Lipinski definition) is 3. The Hall–Kier alpha value is -2.59. The van der Waals surface area contributed by atoms with E-state index in [2.05, 4.69) is 16.0 Å². The molecule has 4 nitrogen and oxygen atoms in total. The molecule has 0 spiro atoms. The quantitative estimate of drug-likeness (QED) is 0.791. The van der Waals surface area contributed by atoms with E-state index in [-0.39, 0.29) is 5.43 Å². The van der Waals surface area contributed by atoms with Crippen molar-refractivity contribution in [3.63, 3.8) is 0 Å². The molecule has 1 saturated heterocycles. The maximum absolute atomic E-state index is 12.5. The molecule has 4 rings (SSSR count). The van der Waals surface area contributed by atoms with Crippen molar-refractivity contribution in [1.82, 2.24) is 4.98 Å². The van der Waals surface area contributed by atoms with Gasteiger partial charge in [-0.1, -0.05) is 30.3 Å². The number of morpholine rings is 1. The van der Waals surface area contributed by atoms with Gasteiger partial charge < -0.3 is 14.6 Å². The second-order valence-electron chi connectivity index (χ2n) is 5.74. The van der Waals surface area contributed by atoms with Gasteiger partial charge >= 0.3 is 0 Å². The summed E-state index contributed by atoms with van der Waals surface area (Å²) in [6.45, 7) is 3.21. The van der Waals surface area contributed by atoms with Crippen LogP contribution in [0.25, 0.3) is 22.2 Å². The third-order valence-electron chi connectivity index (χ3n) is 4.27. The monoisotopic (exact) mass is 306 g/mol. The van der Waals surface area contributed by atoms with Gasteiger partial charge in [-0.15, -0.1) is 0 Å². The molecule has 0 aliphatic carbocycles. The van der Waals surface area contributed by atoms with Crippen LogP contribution in [0.3, 0.4) is 0 Å². The summed E-state index contributed by atoms with van der Waals surface area (Å²) >= 11 is 0. The maximum atomic E-state index is 12.5. The number of aromatic nitrogens is 1. The number of ether oxygens (including phenoxy) is 1. The van der Waals surface area contributed by atoms with Gasteiger partial charge in [0.05, 0.1) is 13.2 Å². The molecule has 1 aliphatic rings. The van der Waals surface area contributed by atoms with Crippen molar-refractivity contribution in [3.05, 3.63) is 64.8 Å². The molecule has 23 heavy (non-hydrogen) atoms. The molecule has 0 atom stereocenters. The van der Waals surface area contributed by atoms with Crippen LogP contribution in [0.5, 0.6) is 0 Å². The first-order valence-corrected chi connectivity index (χ1v) is 7.86. The van der Waals surface area contributed by atoms with E-state index in [1.54, 1.807) is 6.07 Å². The average Bonchev–Trinajstić information content (AvgIpc) is 2.63. The predicted molar refractivity (Wildman–Crippen MR) is 93.0 cm³/mol. The molecular weight excluding hydrogens is 288 g/mol. The molecular formula is C19H18N2O2. The summed E-state index contributed by atoms with van der Waals surface area (Å²) in [6.07, 6.45) is 0. The molecule has 3 aromatic rings. The molecule has 0 saturated carbocycles. The highest BCUT2D eigenvalue weighted by Crippen LogP contribution is 2.23. The summed E-state index contributed by atoms with van der Waals surface area (Å²) in [5.41, 5.74) is 3.87. The first-order chi connectivity index (χ1) is 11.3. The van der Waals surface area contributed by atoms with Crippen molar-refractivity contribution in [3.8, 4) is 11.3 Å². The van der Waals surface area contributed by atoms with Crippen molar-refractivity contribution < 1.29 is 4.74 Å². The van der Waals surface area contributed by atoms with Gasteiger partial charge in [0.2, 0.25) is 0 Å². The molecule has 1 aliphatic heterocycles. The second-order valence-corrected chi connectivity index (χ2v) is 5.74. The SMILES string of the molecule is O=c1cc(-c2ccccc2)[nH]c2ccc(N3CCOCC3)cc12. The number of H-pyrrole nitrogens is 1. The predicted octanol–water partition coefficient (Wildman–Crippen LogP) is 3.03. The maximum Gasteiger partial charge on any atom is 0.190 e. The topological polar surface area (TPSA) is 45.3 Å². The molecule has 116 valence electrons. The van der Waals surface area contributed by atoms with Crippen molar-refractivity contribution in [2.45, 2.75) is 0 Å². The van der Waals surface area contributed by atoms with Crippen molar-refractivity contribution in [2.75, 3.05) is 31.2 Å². The number of fused-ring (bicyclic) bond motifs is 1. The minimum atomic E-state index is 0.0488. The van der Waals surface area contributed by atoms with Gasteiger partial charge in [0, 0.05) is 41.4 Å². The summed E-state index contributed by atoms with van der Waals surface area (Å²) in [4.78, 5) is 18.2. The van der Waals surface area contributed by atoms with Gasteiger partial charge in [-0.3, -0.25) is 4.79 Å². The van der Waals surface area contributed by atoms with E-state index in [0.717, 1.165) is 54.2 Å². The Labute approximate surface area is 134 Å². The van der Waals surface area contributed by atoms with Gasteiger partial charge in [-0.05, 0) is 23.8 Å². The van der Waals surface area contributed by atoms with Crippen molar-refractivity contribution in [2.24, 2.45) is 0 Å². The molecule has 1 aromatic heterocycles. The standard InChI is InChI=1S/C19H18N2O2/c22-19-13-18(14-4-2-1-3-5-14)20-17-7-6-15(12-16(17)19)21-8-10-23-11-9-21/h1-7,12-13H,8-11H2,(H,20,22). The minimum absolute atomic E-state index is 0.0488. The van der Waals surface area contributed by atoms with Crippen LogP contribution in [-0.4, -0.2) is 31.3 Å². The zero-order valence-corrected chi connectivity index (χ0v) is 12.8. The highest BCUT2D eigenvalue weighted by molar-refractivity contribution is 5.84. The zero-order chi connectivity index (χ0) is 15.6. The zero-order valence-electron chi connectivity index (χ0n) is 12.8. The average molecular weight is 306 g/mol. The highest BCUT2D eigenvalue weighted by atomic mass is 16.5. The lowest BCUT2D eigenvalue weighted by Crippen LogP contribution is -2.36. The highest BCUT2D eigenvalue weighted by Gasteiger charge is 2.12. The summed E-state index contributed by atoms with van der Waals surface area (Å²) < 4.78 is 5.39. The summed E-state index contributed by atoms with van der Waals surface area (Å²) in [7, 11) is 0. The Bertz CT molecular complexity index is 881. The summed E-state index contributed by atoms with van der Waals surface area (Å²) in [5.74, 6) is 0. The Morgan fingerprint density at radius 2 is 1.74 bits per heavy atom. The molecule has 1 fully saturated rings. The third kappa shape index (κ3) is 2.73. The molecule has 2 aromatic carbocycles. The smallest absolute Gasteiger partial charge is 0.190 e. The normalized spacial score (nSPS) is 15.0. The van der Waals surface area contributed by atoms with Crippen LogP contribution in [0.2, 0.25) is 0 Å². The van der Waals surface area contributed by atoms with E-state index in [4.69, 9.17) is 4.74 Å². The van der Waals surface area contributed by atoms with Crippen LogP contribution in [0, 0.1) is 0 Å². The van der Waals surface area contributed by atoms with Crippen LogP contribution >= 0.6 is 0 Å². The number of benzene rings is 2. The van der Waals surface area contributed by atoms with Gasteiger partial charge in [0.25, 0.3) is 0 Å². The first-order valence-electron chi connectivity index (χ1n) is 7.86. The second kappa shape index (κ2) is 5.89. The van der Waals surface area contributed by atoms with Crippen LogP contribution in [-0.2, 0) is 4.74 Å². The number of aromatic amines is 1. The Morgan fingerprint density at radius 1 is 0.957 bits per heavy atom. The molecule has 0 unspecified atom stereocenters.